The number of aromatic nitrogens is 2. The molecule has 1 aromatic heterocycles. The SMILES string of the molecule is NCCCNc1cc(Nc2ccccc2)ncn1. The van der Waals surface area contributed by atoms with Crippen LogP contribution in [0.25, 0.3) is 0 Å². The average molecular weight is 243 g/mol. The number of nitrogens with two attached hydrogens (primary N) is 1. The lowest BCUT2D eigenvalue weighted by Crippen LogP contribution is -2.09. The fourth-order valence-corrected chi connectivity index (χ4v) is 1.51. The molecule has 0 bridgehead atoms. The smallest absolute Gasteiger partial charge is 0.135 e. The minimum atomic E-state index is 0.674. The first-order chi connectivity index (χ1) is 8.88. The molecule has 5 heteroatoms. The van der Waals surface area contributed by atoms with Crippen LogP contribution in [0.15, 0.2) is 42.7 Å². The van der Waals surface area contributed by atoms with E-state index in [4.69, 9.17) is 5.73 Å². The van der Waals surface area contributed by atoms with Gasteiger partial charge < -0.3 is 16.4 Å². The lowest BCUT2D eigenvalue weighted by Gasteiger charge is -2.08. The third-order valence-corrected chi connectivity index (χ3v) is 2.40. The second kappa shape index (κ2) is 6.56. The summed E-state index contributed by atoms with van der Waals surface area (Å²) in [6.45, 7) is 1.49. The fraction of sp³-hybridized carbons (Fsp3) is 0.231. The molecule has 0 saturated heterocycles. The first-order valence-electron chi connectivity index (χ1n) is 5.96. The fourth-order valence-electron chi connectivity index (χ4n) is 1.51. The van der Waals surface area contributed by atoms with E-state index < -0.39 is 0 Å². The van der Waals surface area contributed by atoms with Gasteiger partial charge in [0.1, 0.15) is 18.0 Å². The molecular formula is C13H17N5. The normalized spacial score (nSPS) is 10.1. The van der Waals surface area contributed by atoms with Crippen LogP contribution in [0.5, 0.6) is 0 Å². The predicted molar refractivity (Wildman–Crippen MR) is 73.9 cm³/mol. The standard InChI is InChI=1S/C13H17N5/c14-7-4-8-15-12-9-13(17-10-16-12)18-11-5-2-1-3-6-11/h1-3,5-6,9-10H,4,7-8,14H2,(H2,15,16,17,18). The highest BCUT2D eigenvalue weighted by Crippen LogP contribution is 2.15. The molecule has 0 aliphatic carbocycles. The van der Waals surface area contributed by atoms with Crippen molar-refractivity contribution in [3.05, 3.63) is 42.7 Å². The predicted octanol–water partition coefficient (Wildman–Crippen LogP) is 1.98. The lowest BCUT2D eigenvalue weighted by molar-refractivity contribution is 0.869. The summed E-state index contributed by atoms with van der Waals surface area (Å²) in [4.78, 5) is 8.33. The van der Waals surface area contributed by atoms with Crippen LogP contribution in [-0.4, -0.2) is 23.1 Å². The highest BCUT2D eigenvalue weighted by molar-refractivity contribution is 5.58. The van der Waals surface area contributed by atoms with Crippen molar-refractivity contribution in [3.63, 3.8) is 0 Å². The van der Waals surface area contributed by atoms with Crippen LogP contribution >= 0.6 is 0 Å². The van der Waals surface area contributed by atoms with E-state index in [1.807, 2.05) is 36.4 Å². The van der Waals surface area contributed by atoms with E-state index in [1.54, 1.807) is 0 Å². The van der Waals surface area contributed by atoms with E-state index in [2.05, 4.69) is 20.6 Å². The summed E-state index contributed by atoms with van der Waals surface area (Å²) in [5.74, 6) is 1.57. The number of para-hydroxylation sites is 1. The molecule has 0 atom stereocenters. The molecule has 2 aromatic rings. The molecule has 0 saturated carbocycles. The van der Waals surface area contributed by atoms with Crippen LogP contribution in [0.1, 0.15) is 6.42 Å². The second-order valence-electron chi connectivity index (χ2n) is 3.85. The second-order valence-corrected chi connectivity index (χ2v) is 3.85. The Morgan fingerprint density at radius 3 is 2.61 bits per heavy atom. The topological polar surface area (TPSA) is 75.9 Å². The zero-order valence-electron chi connectivity index (χ0n) is 10.1. The molecule has 0 aliphatic heterocycles. The highest BCUT2D eigenvalue weighted by Gasteiger charge is 1.98. The van der Waals surface area contributed by atoms with Gasteiger partial charge in [0.15, 0.2) is 0 Å². The Bertz CT molecular complexity index is 472. The molecule has 1 heterocycles. The van der Waals surface area contributed by atoms with E-state index in [1.165, 1.54) is 6.33 Å². The summed E-state index contributed by atoms with van der Waals surface area (Å²) in [7, 11) is 0. The lowest BCUT2D eigenvalue weighted by atomic mass is 10.3. The first kappa shape index (κ1) is 12.3. The number of nitrogens with one attached hydrogen (secondary N) is 2. The quantitative estimate of drug-likeness (QED) is 0.676. The molecule has 0 spiro atoms. The minimum absolute atomic E-state index is 0.674. The molecule has 2 rings (SSSR count). The van der Waals surface area contributed by atoms with Gasteiger partial charge in [-0.15, -0.1) is 0 Å². The summed E-state index contributed by atoms with van der Waals surface area (Å²) in [6.07, 6.45) is 2.46. The molecule has 0 radical (unpaired) electrons. The summed E-state index contributed by atoms with van der Waals surface area (Å²) in [5, 5.41) is 6.42. The molecule has 18 heavy (non-hydrogen) atoms. The van der Waals surface area contributed by atoms with Gasteiger partial charge in [-0.3, -0.25) is 0 Å². The number of benzene rings is 1. The van der Waals surface area contributed by atoms with Crippen molar-refractivity contribution in [2.45, 2.75) is 6.42 Å². The zero-order chi connectivity index (χ0) is 12.6. The van der Waals surface area contributed by atoms with E-state index >= 15 is 0 Å². The maximum Gasteiger partial charge on any atom is 0.135 e. The third-order valence-electron chi connectivity index (χ3n) is 2.40. The van der Waals surface area contributed by atoms with Gasteiger partial charge in [0.05, 0.1) is 0 Å². The van der Waals surface area contributed by atoms with Crippen molar-refractivity contribution >= 4 is 17.3 Å². The van der Waals surface area contributed by atoms with Crippen molar-refractivity contribution in [1.29, 1.82) is 0 Å². The Morgan fingerprint density at radius 2 is 1.83 bits per heavy atom. The van der Waals surface area contributed by atoms with Gasteiger partial charge in [0.25, 0.3) is 0 Å². The van der Waals surface area contributed by atoms with E-state index in [9.17, 15) is 0 Å². The van der Waals surface area contributed by atoms with Crippen molar-refractivity contribution < 1.29 is 0 Å². The molecule has 1 aromatic carbocycles. The summed E-state index contributed by atoms with van der Waals surface area (Å²) >= 11 is 0. The van der Waals surface area contributed by atoms with Crippen LogP contribution < -0.4 is 16.4 Å². The van der Waals surface area contributed by atoms with Crippen LogP contribution in [0, 0.1) is 0 Å². The Morgan fingerprint density at radius 1 is 1.06 bits per heavy atom. The molecule has 94 valence electrons. The molecule has 0 fully saturated rings. The van der Waals surface area contributed by atoms with Crippen LogP contribution in [0.3, 0.4) is 0 Å². The average Bonchev–Trinajstić information content (AvgIpc) is 2.41. The molecule has 4 N–H and O–H groups in total. The maximum atomic E-state index is 5.44. The van der Waals surface area contributed by atoms with Crippen LogP contribution in [0.4, 0.5) is 17.3 Å². The van der Waals surface area contributed by atoms with Crippen molar-refractivity contribution in [1.82, 2.24) is 9.97 Å². The van der Waals surface area contributed by atoms with E-state index in [0.29, 0.717) is 6.54 Å². The van der Waals surface area contributed by atoms with Gasteiger partial charge in [-0.1, -0.05) is 18.2 Å². The third kappa shape index (κ3) is 3.71. The summed E-state index contributed by atoms with van der Waals surface area (Å²) in [5.41, 5.74) is 6.44. The first-order valence-corrected chi connectivity index (χ1v) is 5.96. The molecule has 0 amide bonds. The molecule has 0 unspecified atom stereocenters. The Balaban J connectivity index is 1.99. The summed E-state index contributed by atoms with van der Waals surface area (Å²) in [6, 6.07) is 11.8. The van der Waals surface area contributed by atoms with E-state index in [0.717, 1.165) is 30.3 Å². The molecular weight excluding hydrogens is 226 g/mol. The number of nitrogens with zero attached hydrogens (tertiary/aromatic N) is 2. The number of hydrogen-bond acceptors (Lipinski definition) is 5. The number of anilines is 3. The number of hydrogen-bond donors (Lipinski definition) is 3. The van der Waals surface area contributed by atoms with Crippen molar-refractivity contribution in [3.8, 4) is 0 Å². The van der Waals surface area contributed by atoms with Gasteiger partial charge in [-0.2, -0.15) is 0 Å². The molecule has 0 aliphatic rings. The van der Waals surface area contributed by atoms with Crippen molar-refractivity contribution in [2.24, 2.45) is 5.73 Å². The largest absolute Gasteiger partial charge is 0.370 e. The van der Waals surface area contributed by atoms with Gasteiger partial charge >= 0.3 is 0 Å². The van der Waals surface area contributed by atoms with Gasteiger partial charge in [-0.25, -0.2) is 9.97 Å². The maximum absolute atomic E-state index is 5.44. The number of rotatable bonds is 6. The van der Waals surface area contributed by atoms with Crippen molar-refractivity contribution in [2.75, 3.05) is 23.7 Å². The molecule has 5 nitrogen and oxygen atoms in total. The van der Waals surface area contributed by atoms with E-state index in [-0.39, 0.29) is 0 Å². The van der Waals surface area contributed by atoms with Gasteiger partial charge in [-0.05, 0) is 25.1 Å². The van der Waals surface area contributed by atoms with Crippen LogP contribution in [0.2, 0.25) is 0 Å². The Kier molecular flexibility index (Phi) is 4.49. The highest BCUT2D eigenvalue weighted by atomic mass is 15.1. The summed E-state index contributed by atoms with van der Waals surface area (Å²) < 4.78 is 0. The monoisotopic (exact) mass is 243 g/mol. The van der Waals surface area contributed by atoms with Gasteiger partial charge in [0.2, 0.25) is 0 Å². The Labute approximate surface area is 106 Å². The van der Waals surface area contributed by atoms with Crippen LogP contribution in [-0.2, 0) is 0 Å². The zero-order valence-corrected chi connectivity index (χ0v) is 10.1. The van der Waals surface area contributed by atoms with Gasteiger partial charge in [0, 0.05) is 18.3 Å². The Hall–Kier alpha value is -2.14. The minimum Gasteiger partial charge on any atom is -0.370 e.